The fourth-order valence-corrected chi connectivity index (χ4v) is 1.52. The molecular formula is C13H13N3. The highest BCUT2D eigenvalue weighted by Gasteiger charge is 1.95. The largest absolute Gasteiger partial charge is 0.364 e. The zero-order valence-corrected chi connectivity index (χ0v) is 8.90. The highest BCUT2D eigenvalue weighted by atomic mass is 14.9. The van der Waals surface area contributed by atoms with Crippen molar-refractivity contribution in [3.63, 3.8) is 0 Å². The van der Waals surface area contributed by atoms with Gasteiger partial charge in [0.15, 0.2) is 0 Å². The van der Waals surface area contributed by atoms with E-state index in [4.69, 9.17) is 5.26 Å². The molecule has 0 fully saturated rings. The van der Waals surface area contributed by atoms with Crippen molar-refractivity contribution in [3.8, 4) is 6.07 Å². The number of nitrogens with zero attached hydrogens (tertiary/aromatic N) is 1. The number of H-pyrrole nitrogens is 1. The number of benzene rings is 1. The predicted molar refractivity (Wildman–Crippen MR) is 62.5 cm³/mol. The molecule has 80 valence electrons. The molecule has 0 unspecified atom stereocenters. The van der Waals surface area contributed by atoms with Crippen LogP contribution in [0, 0.1) is 11.3 Å². The molecule has 2 rings (SSSR count). The fraction of sp³-hybridized carbons (Fsp3) is 0.154. The van der Waals surface area contributed by atoms with Crippen molar-refractivity contribution in [3.05, 3.63) is 59.4 Å². The van der Waals surface area contributed by atoms with Crippen LogP contribution in [0.2, 0.25) is 0 Å². The first-order chi connectivity index (χ1) is 7.88. The van der Waals surface area contributed by atoms with Crippen molar-refractivity contribution in [1.82, 2.24) is 10.3 Å². The van der Waals surface area contributed by atoms with Gasteiger partial charge in [-0.2, -0.15) is 5.26 Å². The van der Waals surface area contributed by atoms with Gasteiger partial charge >= 0.3 is 0 Å². The molecule has 3 nitrogen and oxygen atoms in total. The highest BCUT2D eigenvalue weighted by Crippen LogP contribution is 2.03. The van der Waals surface area contributed by atoms with Gasteiger partial charge in [0.2, 0.25) is 0 Å². The number of rotatable bonds is 4. The number of hydrogen-bond acceptors (Lipinski definition) is 2. The lowest BCUT2D eigenvalue weighted by atomic mass is 10.1. The van der Waals surface area contributed by atoms with Gasteiger partial charge in [0, 0.05) is 25.0 Å². The Morgan fingerprint density at radius 1 is 1.12 bits per heavy atom. The van der Waals surface area contributed by atoms with E-state index >= 15 is 0 Å². The molecule has 0 saturated carbocycles. The Hall–Kier alpha value is -2.05. The van der Waals surface area contributed by atoms with Gasteiger partial charge in [0.05, 0.1) is 11.6 Å². The summed E-state index contributed by atoms with van der Waals surface area (Å²) in [7, 11) is 0. The lowest BCUT2D eigenvalue weighted by Gasteiger charge is -2.03. The maximum atomic E-state index is 8.66. The van der Waals surface area contributed by atoms with Crippen LogP contribution in [-0.4, -0.2) is 4.98 Å². The average Bonchev–Trinajstić information content (AvgIpc) is 2.83. The fourth-order valence-electron chi connectivity index (χ4n) is 1.52. The zero-order chi connectivity index (χ0) is 11.2. The Balaban J connectivity index is 1.83. The smallest absolute Gasteiger partial charge is 0.0991 e. The standard InChI is InChI=1S/C13H13N3/c14-8-11-3-5-12(6-4-11)9-15-10-13-2-1-7-16-13/h1-7,15-16H,9-10H2. The highest BCUT2D eigenvalue weighted by molar-refractivity contribution is 5.31. The van der Waals surface area contributed by atoms with Crippen LogP contribution >= 0.6 is 0 Å². The summed E-state index contributed by atoms with van der Waals surface area (Å²) in [6.07, 6.45) is 1.92. The molecule has 0 saturated heterocycles. The number of nitrogens with one attached hydrogen (secondary N) is 2. The minimum atomic E-state index is 0.702. The van der Waals surface area contributed by atoms with Gasteiger partial charge in [-0.25, -0.2) is 0 Å². The second-order valence-corrected chi connectivity index (χ2v) is 3.61. The summed E-state index contributed by atoms with van der Waals surface area (Å²) in [6, 6.07) is 13.8. The van der Waals surface area contributed by atoms with E-state index in [1.54, 1.807) is 0 Å². The van der Waals surface area contributed by atoms with Crippen molar-refractivity contribution in [2.45, 2.75) is 13.1 Å². The number of aromatic amines is 1. The molecule has 0 bridgehead atoms. The Kier molecular flexibility index (Phi) is 3.37. The lowest BCUT2D eigenvalue weighted by Crippen LogP contribution is -2.12. The third-order valence-corrected chi connectivity index (χ3v) is 2.39. The summed E-state index contributed by atoms with van der Waals surface area (Å²) in [5.74, 6) is 0. The van der Waals surface area contributed by atoms with E-state index in [2.05, 4.69) is 16.4 Å². The molecule has 0 aliphatic heterocycles. The SMILES string of the molecule is N#Cc1ccc(CNCc2ccc[nH]2)cc1. The molecule has 0 aliphatic rings. The molecule has 2 N–H and O–H groups in total. The van der Waals surface area contributed by atoms with Crippen molar-refractivity contribution in [2.24, 2.45) is 0 Å². The van der Waals surface area contributed by atoms with Crippen LogP contribution in [0.5, 0.6) is 0 Å². The average molecular weight is 211 g/mol. The Morgan fingerprint density at radius 2 is 1.94 bits per heavy atom. The normalized spacial score (nSPS) is 9.94. The second-order valence-electron chi connectivity index (χ2n) is 3.61. The van der Waals surface area contributed by atoms with Crippen molar-refractivity contribution >= 4 is 0 Å². The lowest BCUT2D eigenvalue weighted by molar-refractivity contribution is 0.682. The van der Waals surface area contributed by atoms with Crippen LogP contribution in [0.4, 0.5) is 0 Å². The molecule has 0 amide bonds. The molecule has 1 aromatic heterocycles. The number of nitriles is 1. The third kappa shape index (κ3) is 2.72. The van der Waals surface area contributed by atoms with Gasteiger partial charge in [-0.15, -0.1) is 0 Å². The van der Waals surface area contributed by atoms with E-state index in [1.165, 1.54) is 11.3 Å². The van der Waals surface area contributed by atoms with Crippen LogP contribution in [0.1, 0.15) is 16.8 Å². The van der Waals surface area contributed by atoms with Gasteiger partial charge in [0.25, 0.3) is 0 Å². The first-order valence-electron chi connectivity index (χ1n) is 5.20. The van der Waals surface area contributed by atoms with E-state index < -0.39 is 0 Å². The number of aromatic nitrogens is 1. The van der Waals surface area contributed by atoms with E-state index in [9.17, 15) is 0 Å². The van der Waals surface area contributed by atoms with E-state index in [0.717, 1.165) is 13.1 Å². The van der Waals surface area contributed by atoms with E-state index in [0.29, 0.717) is 5.56 Å². The molecule has 0 spiro atoms. The van der Waals surface area contributed by atoms with Crippen LogP contribution in [0.15, 0.2) is 42.6 Å². The van der Waals surface area contributed by atoms with Crippen LogP contribution in [0.25, 0.3) is 0 Å². The van der Waals surface area contributed by atoms with Gasteiger partial charge in [-0.3, -0.25) is 0 Å². The number of hydrogen-bond donors (Lipinski definition) is 2. The van der Waals surface area contributed by atoms with Crippen molar-refractivity contribution in [1.29, 1.82) is 5.26 Å². The molecule has 2 aromatic rings. The Labute approximate surface area is 94.7 Å². The zero-order valence-electron chi connectivity index (χ0n) is 8.90. The predicted octanol–water partition coefficient (Wildman–Crippen LogP) is 2.18. The van der Waals surface area contributed by atoms with E-state index in [-0.39, 0.29) is 0 Å². The maximum absolute atomic E-state index is 8.66. The summed E-state index contributed by atoms with van der Waals surface area (Å²) in [5, 5.41) is 12.0. The summed E-state index contributed by atoms with van der Waals surface area (Å²) < 4.78 is 0. The van der Waals surface area contributed by atoms with Gasteiger partial charge in [-0.1, -0.05) is 12.1 Å². The Bertz CT molecular complexity index is 463. The van der Waals surface area contributed by atoms with Crippen LogP contribution in [-0.2, 0) is 13.1 Å². The summed E-state index contributed by atoms with van der Waals surface area (Å²) in [6.45, 7) is 1.64. The summed E-state index contributed by atoms with van der Waals surface area (Å²) in [4.78, 5) is 3.14. The Morgan fingerprint density at radius 3 is 2.56 bits per heavy atom. The van der Waals surface area contributed by atoms with Crippen molar-refractivity contribution < 1.29 is 0 Å². The molecule has 0 atom stereocenters. The molecular weight excluding hydrogens is 198 g/mol. The minimum Gasteiger partial charge on any atom is -0.364 e. The van der Waals surface area contributed by atoms with Gasteiger partial charge in [0.1, 0.15) is 0 Å². The maximum Gasteiger partial charge on any atom is 0.0991 e. The van der Waals surface area contributed by atoms with Gasteiger partial charge in [-0.05, 0) is 29.8 Å². The third-order valence-electron chi connectivity index (χ3n) is 2.39. The molecule has 16 heavy (non-hydrogen) atoms. The molecule has 3 heteroatoms. The van der Waals surface area contributed by atoms with Crippen LogP contribution < -0.4 is 5.32 Å². The molecule has 0 radical (unpaired) electrons. The minimum absolute atomic E-state index is 0.702. The summed E-state index contributed by atoms with van der Waals surface area (Å²) in [5.41, 5.74) is 3.06. The first kappa shape index (κ1) is 10.5. The summed E-state index contributed by atoms with van der Waals surface area (Å²) >= 11 is 0. The molecule has 1 aromatic carbocycles. The second kappa shape index (κ2) is 5.15. The molecule has 0 aliphatic carbocycles. The first-order valence-corrected chi connectivity index (χ1v) is 5.20. The van der Waals surface area contributed by atoms with Crippen molar-refractivity contribution in [2.75, 3.05) is 0 Å². The van der Waals surface area contributed by atoms with Crippen LogP contribution in [0.3, 0.4) is 0 Å². The monoisotopic (exact) mass is 211 g/mol. The topological polar surface area (TPSA) is 51.6 Å². The van der Waals surface area contributed by atoms with E-state index in [1.807, 2.05) is 42.6 Å². The van der Waals surface area contributed by atoms with Gasteiger partial charge < -0.3 is 10.3 Å². The quantitative estimate of drug-likeness (QED) is 0.814. The molecule has 1 heterocycles.